The van der Waals surface area contributed by atoms with E-state index in [-0.39, 0.29) is 0 Å². The van der Waals surface area contributed by atoms with Gasteiger partial charge in [-0.05, 0) is 17.7 Å². The number of hydrogen-bond acceptors (Lipinski definition) is 4. The van der Waals surface area contributed by atoms with Crippen LogP contribution < -0.4 is 15.4 Å². The van der Waals surface area contributed by atoms with Gasteiger partial charge in [-0.3, -0.25) is 0 Å². The third-order valence-corrected chi connectivity index (χ3v) is 3.17. The molecule has 1 atom stereocenters. The van der Waals surface area contributed by atoms with Crippen LogP contribution in [0.5, 0.6) is 5.75 Å². The maximum atomic E-state index is 12.1. The Kier molecular flexibility index (Phi) is 5.57. The minimum absolute atomic E-state index is 0.516. The lowest BCUT2D eigenvalue weighted by molar-refractivity contribution is -0.143. The van der Waals surface area contributed by atoms with E-state index in [0.29, 0.717) is 17.0 Å². The van der Waals surface area contributed by atoms with Crippen molar-refractivity contribution in [2.75, 3.05) is 19.5 Å². The number of carbonyl (C=O) groups is 2. The summed E-state index contributed by atoms with van der Waals surface area (Å²) in [5, 5.41) is 5.26. The topological polar surface area (TPSA) is 76.7 Å². The number of anilines is 1. The molecule has 1 unspecified atom stereocenters. The second kappa shape index (κ2) is 7.84. The molecule has 0 saturated carbocycles. The quantitative estimate of drug-likeness (QED) is 0.832. The van der Waals surface area contributed by atoms with Gasteiger partial charge in [-0.15, -0.1) is 0 Å². The average molecular weight is 314 g/mol. The number of benzene rings is 2. The number of hydrogen-bond donors (Lipinski definition) is 2. The van der Waals surface area contributed by atoms with Crippen molar-refractivity contribution in [2.45, 2.75) is 6.04 Å². The maximum absolute atomic E-state index is 12.1. The van der Waals surface area contributed by atoms with Crippen LogP contribution in [0.25, 0.3) is 0 Å². The number of esters is 1. The summed E-state index contributed by atoms with van der Waals surface area (Å²) in [5.74, 6) is 0.0763. The molecule has 0 aliphatic rings. The predicted molar refractivity (Wildman–Crippen MR) is 86.3 cm³/mol. The fraction of sp³-hybridized carbons (Fsp3) is 0.176. The molecule has 2 aromatic rings. The summed E-state index contributed by atoms with van der Waals surface area (Å²) in [6.45, 7) is 0. The molecule has 0 aromatic heterocycles. The van der Waals surface area contributed by atoms with Gasteiger partial charge in [0.05, 0.1) is 14.2 Å². The van der Waals surface area contributed by atoms with E-state index in [1.807, 2.05) is 6.07 Å². The van der Waals surface area contributed by atoms with E-state index in [4.69, 9.17) is 9.47 Å². The SMILES string of the molecule is COC(=O)C(NC(=O)Nc1cccc(OC)c1)c1ccccc1. The lowest BCUT2D eigenvalue weighted by atomic mass is 10.1. The molecule has 0 heterocycles. The lowest BCUT2D eigenvalue weighted by Crippen LogP contribution is -2.37. The van der Waals surface area contributed by atoms with Gasteiger partial charge in [0.2, 0.25) is 0 Å². The molecule has 0 bridgehead atoms. The van der Waals surface area contributed by atoms with Crippen LogP contribution in [-0.4, -0.2) is 26.2 Å². The largest absolute Gasteiger partial charge is 0.497 e. The standard InChI is InChI=1S/C17H18N2O4/c1-22-14-10-6-9-13(11-14)18-17(21)19-15(16(20)23-2)12-7-4-3-5-8-12/h3-11,15H,1-2H3,(H2,18,19,21). The maximum Gasteiger partial charge on any atom is 0.333 e. The van der Waals surface area contributed by atoms with Gasteiger partial charge in [-0.25, -0.2) is 9.59 Å². The van der Waals surface area contributed by atoms with Gasteiger partial charge in [-0.2, -0.15) is 0 Å². The summed E-state index contributed by atoms with van der Waals surface area (Å²) in [6.07, 6.45) is 0. The third-order valence-electron chi connectivity index (χ3n) is 3.17. The highest BCUT2D eigenvalue weighted by molar-refractivity contribution is 5.93. The Balaban J connectivity index is 2.10. The van der Waals surface area contributed by atoms with E-state index in [1.54, 1.807) is 55.6 Å². The Morgan fingerprint density at radius 2 is 1.74 bits per heavy atom. The number of carbonyl (C=O) groups excluding carboxylic acids is 2. The van der Waals surface area contributed by atoms with Crippen molar-refractivity contribution in [3.8, 4) is 5.75 Å². The fourth-order valence-corrected chi connectivity index (χ4v) is 2.04. The van der Waals surface area contributed by atoms with E-state index < -0.39 is 18.0 Å². The Bertz CT molecular complexity index is 673. The van der Waals surface area contributed by atoms with Crippen LogP contribution in [0.2, 0.25) is 0 Å². The molecule has 2 amide bonds. The van der Waals surface area contributed by atoms with Crippen molar-refractivity contribution in [3.05, 3.63) is 60.2 Å². The second-order valence-electron chi connectivity index (χ2n) is 4.70. The van der Waals surface area contributed by atoms with Crippen molar-refractivity contribution < 1.29 is 19.1 Å². The van der Waals surface area contributed by atoms with Crippen LogP contribution in [0, 0.1) is 0 Å². The van der Waals surface area contributed by atoms with E-state index >= 15 is 0 Å². The first-order valence-corrected chi connectivity index (χ1v) is 6.98. The molecule has 6 nitrogen and oxygen atoms in total. The highest BCUT2D eigenvalue weighted by Crippen LogP contribution is 2.18. The molecule has 0 aliphatic heterocycles. The zero-order chi connectivity index (χ0) is 16.7. The highest BCUT2D eigenvalue weighted by atomic mass is 16.5. The number of nitrogens with one attached hydrogen (secondary N) is 2. The average Bonchev–Trinajstić information content (AvgIpc) is 2.60. The molecule has 0 spiro atoms. The van der Waals surface area contributed by atoms with Crippen molar-refractivity contribution >= 4 is 17.7 Å². The van der Waals surface area contributed by atoms with Crippen molar-refractivity contribution in [3.63, 3.8) is 0 Å². The van der Waals surface area contributed by atoms with Crippen LogP contribution in [0.3, 0.4) is 0 Å². The minimum atomic E-state index is -0.883. The molecule has 0 saturated heterocycles. The minimum Gasteiger partial charge on any atom is -0.497 e. The van der Waals surface area contributed by atoms with Gasteiger partial charge >= 0.3 is 12.0 Å². The predicted octanol–water partition coefficient (Wildman–Crippen LogP) is 2.73. The first kappa shape index (κ1) is 16.4. The molecule has 0 fully saturated rings. The number of ether oxygens (including phenoxy) is 2. The molecule has 23 heavy (non-hydrogen) atoms. The Morgan fingerprint density at radius 3 is 2.39 bits per heavy atom. The van der Waals surface area contributed by atoms with E-state index in [0.717, 1.165) is 0 Å². The van der Waals surface area contributed by atoms with Crippen molar-refractivity contribution in [1.29, 1.82) is 0 Å². The number of methoxy groups -OCH3 is 2. The van der Waals surface area contributed by atoms with Gasteiger partial charge in [0.1, 0.15) is 5.75 Å². The van der Waals surface area contributed by atoms with Gasteiger partial charge in [0.15, 0.2) is 6.04 Å². The fourth-order valence-electron chi connectivity index (χ4n) is 2.04. The summed E-state index contributed by atoms with van der Waals surface area (Å²) >= 11 is 0. The van der Waals surface area contributed by atoms with Gasteiger partial charge in [-0.1, -0.05) is 36.4 Å². The van der Waals surface area contributed by atoms with Gasteiger partial charge < -0.3 is 20.1 Å². The molecule has 2 N–H and O–H groups in total. The Morgan fingerprint density at radius 1 is 1.00 bits per heavy atom. The van der Waals surface area contributed by atoms with Gasteiger partial charge in [0, 0.05) is 11.8 Å². The van der Waals surface area contributed by atoms with Crippen LogP contribution in [0.4, 0.5) is 10.5 Å². The molecular formula is C17H18N2O4. The van der Waals surface area contributed by atoms with E-state index in [1.165, 1.54) is 7.11 Å². The summed E-state index contributed by atoms with van der Waals surface area (Å²) < 4.78 is 9.85. The molecule has 6 heteroatoms. The third kappa shape index (κ3) is 4.47. The Hall–Kier alpha value is -3.02. The molecule has 2 aromatic carbocycles. The Labute approximate surface area is 134 Å². The van der Waals surface area contributed by atoms with Crippen LogP contribution in [-0.2, 0) is 9.53 Å². The van der Waals surface area contributed by atoms with Crippen LogP contribution >= 0.6 is 0 Å². The molecule has 0 radical (unpaired) electrons. The number of rotatable bonds is 5. The normalized spacial score (nSPS) is 11.2. The summed E-state index contributed by atoms with van der Waals surface area (Å²) in [6, 6.07) is 14.4. The van der Waals surface area contributed by atoms with E-state index in [9.17, 15) is 9.59 Å². The van der Waals surface area contributed by atoms with Crippen LogP contribution in [0.15, 0.2) is 54.6 Å². The summed E-state index contributed by atoms with van der Waals surface area (Å²) in [7, 11) is 2.82. The number of urea groups is 1. The van der Waals surface area contributed by atoms with Crippen molar-refractivity contribution in [1.82, 2.24) is 5.32 Å². The second-order valence-corrected chi connectivity index (χ2v) is 4.70. The smallest absolute Gasteiger partial charge is 0.333 e. The highest BCUT2D eigenvalue weighted by Gasteiger charge is 2.23. The molecule has 0 aliphatic carbocycles. The monoisotopic (exact) mass is 314 g/mol. The van der Waals surface area contributed by atoms with Crippen LogP contribution in [0.1, 0.15) is 11.6 Å². The summed E-state index contributed by atoms with van der Waals surface area (Å²) in [4.78, 5) is 24.1. The van der Waals surface area contributed by atoms with Crippen molar-refractivity contribution in [2.24, 2.45) is 0 Å². The molecular weight excluding hydrogens is 296 g/mol. The zero-order valence-electron chi connectivity index (χ0n) is 12.9. The first-order valence-electron chi connectivity index (χ1n) is 6.98. The van der Waals surface area contributed by atoms with Gasteiger partial charge in [0.25, 0.3) is 0 Å². The van der Waals surface area contributed by atoms with E-state index in [2.05, 4.69) is 10.6 Å². The zero-order valence-corrected chi connectivity index (χ0v) is 12.9. The molecule has 2 rings (SSSR count). The lowest BCUT2D eigenvalue weighted by Gasteiger charge is -2.17. The first-order chi connectivity index (χ1) is 11.1. The summed E-state index contributed by atoms with van der Waals surface area (Å²) in [5.41, 5.74) is 1.19. The molecule has 120 valence electrons. The number of amides is 2.